The molecular formula is C15H14ClN3. The first-order valence-corrected chi connectivity index (χ1v) is 6.32. The lowest BCUT2D eigenvalue weighted by molar-refractivity contribution is 1.01. The molecule has 2 aromatic rings. The molecule has 0 radical (unpaired) electrons. The Kier molecular flexibility index (Phi) is 4.40. The molecule has 3 N–H and O–H groups in total. The standard InChI is InChI=1S/C15H14ClN3/c16-14-6-5-12(9-18)15(7-14)19-10-13-4-2-1-3-11(13)8-17/h1-7,19H,8,10,17H2. The van der Waals surface area contributed by atoms with Gasteiger partial charge in [-0.15, -0.1) is 0 Å². The Morgan fingerprint density at radius 1 is 1.16 bits per heavy atom. The molecule has 0 saturated heterocycles. The Balaban J connectivity index is 2.19. The molecule has 0 amide bonds. The van der Waals surface area contributed by atoms with E-state index in [1.165, 1.54) is 0 Å². The Bertz CT molecular complexity index is 617. The van der Waals surface area contributed by atoms with Crippen molar-refractivity contribution in [3.8, 4) is 6.07 Å². The SMILES string of the molecule is N#Cc1ccc(Cl)cc1NCc1ccccc1CN. The van der Waals surface area contributed by atoms with Gasteiger partial charge in [0.2, 0.25) is 0 Å². The number of nitrogens with zero attached hydrogens (tertiary/aromatic N) is 1. The highest BCUT2D eigenvalue weighted by atomic mass is 35.5. The van der Waals surface area contributed by atoms with Gasteiger partial charge in [0.05, 0.1) is 11.3 Å². The van der Waals surface area contributed by atoms with Crippen LogP contribution in [0.25, 0.3) is 0 Å². The van der Waals surface area contributed by atoms with E-state index in [0.717, 1.165) is 16.8 Å². The molecule has 0 aliphatic rings. The van der Waals surface area contributed by atoms with Crippen molar-refractivity contribution < 1.29 is 0 Å². The zero-order valence-corrected chi connectivity index (χ0v) is 11.1. The van der Waals surface area contributed by atoms with Crippen molar-refractivity contribution in [1.82, 2.24) is 0 Å². The average Bonchev–Trinajstić information content (AvgIpc) is 2.45. The van der Waals surface area contributed by atoms with Crippen molar-refractivity contribution in [2.75, 3.05) is 5.32 Å². The number of benzene rings is 2. The fourth-order valence-corrected chi connectivity index (χ4v) is 2.05. The summed E-state index contributed by atoms with van der Waals surface area (Å²) in [4.78, 5) is 0. The number of nitrogens with two attached hydrogens (primary N) is 1. The lowest BCUT2D eigenvalue weighted by atomic mass is 10.1. The Labute approximate surface area is 117 Å². The van der Waals surface area contributed by atoms with Gasteiger partial charge in [0.15, 0.2) is 0 Å². The van der Waals surface area contributed by atoms with Crippen LogP contribution >= 0.6 is 11.6 Å². The summed E-state index contributed by atoms with van der Waals surface area (Å²) in [5.41, 5.74) is 9.23. The van der Waals surface area contributed by atoms with E-state index < -0.39 is 0 Å². The number of anilines is 1. The van der Waals surface area contributed by atoms with Crippen molar-refractivity contribution in [2.45, 2.75) is 13.1 Å². The number of nitrogens with one attached hydrogen (secondary N) is 1. The minimum Gasteiger partial charge on any atom is -0.380 e. The number of rotatable bonds is 4. The number of hydrogen-bond donors (Lipinski definition) is 2. The average molecular weight is 272 g/mol. The first-order chi connectivity index (χ1) is 9.24. The first-order valence-electron chi connectivity index (χ1n) is 5.95. The number of nitriles is 1. The van der Waals surface area contributed by atoms with Crippen LogP contribution in [-0.2, 0) is 13.1 Å². The van der Waals surface area contributed by atoms with Crippen LogP contribution in [0.3, 0.4) is 0 Å². The Hall–Kier alpha value is -2.02. The molecule has 0 fully saturated rings. The topological polar surface area (TPSA) is 61.8 Å². The minimum absolute atomic E-state index is 0.499. The summed E-state index contributed by atoms with van der Waals surface area (Å²) in [6, 6.07) is 15.3. The minimum atomic E-state index is 0.499. The van der Waals surface area contributed by atoms with Crippen LogP contribution in [0.4, 0.5) is 5.69 Å². The van der Waals surface area contributed by atoms with Gasteiger partial charge in [-0.25, -0.2) is 0 Å². The molecule has 0 bridgehead atoms. The molecule has 19 heavy (non-hydrogen) atoms. The van der Waals surface area contributed by atoms with E-state index in [2.05, 4.69) is 11.4 Å². The molecule has 2 rings (SSSR count). The third-order valence-electron chi connectivity index (χ3n) is 2.91. The summed E-state index contributed by atoms with van der Waals surface area (Å²) in [6.45, 7) is 1.11. The number of hydrogen-bond acceptors (Lipinski definition) is 3. The van der Waals surface area contributed by atoms with Gasteiger partial charge in [0, 0.05) is 18.1 Å². The molecule has 0 spiro atoms. The molecule has 0 heterocycles. The highest BCUT2D eigenvalue weighted by Gasteiger charge is 2.04. The molecule has 0 aliphatic heterocycles. The maximum Gasteiger partial charge on any atom is 0.101 e. The normalized spacial score (nSPS) is 9.95. The predicted octanol–water partition coefficient (Wildman–Crippen LogP) is 3.28. The Morgan fingerprint density at radius 3 is 2.58 bits per heavy atom. The molecule has 0 aliphatic carbocycles. The lowest BCUT2D eigenvalue weighted by Crippen LogP contribution is -2.07. The van der Waals surface area contributed by atoms with Crippen LogP contribution in [0.15, 0.2) is 42.5 Å². The van der Waals surface area contributed by atoms with Gasteiger partial charge >= 0.3 is 0 Å². The van der Waals surface area contributed by atoms with E-state index in [1.807, 2.05) is 24.3 Å². The van der Waals surface area contributed by atoms with Gasteiger partial charge in [-0.05, 0) is 29.3 Å². The van der Waals surface area contributed by atoms with E-state index in [0.29, 0.717) is 23.7 Å². The highest BCUT2D eigenvalue weighted by Crippen LogP contribution is 2.21. The van der Waals surface area contributed by atoms with Gasteiger partial charge < -0.3 is 11.1 Å². The number of halogens is 1. The summed E-state index contributed by atoms with van der Waals surface area (Å²) in [7, 11) is 0. The van der Waals surface area contributed by atoms with Crippen LogP contribution in [0.2, 0.25) is 5.02 Å². The zero-order chi connectivity index (χ0) is 13.7. The summed E-state index contributed by atoms with van der Waals surface area (Å²) in [5, 5.41) is 12.9. The molecule has 0 aromatic heterocycles. The fourth-order valence-electron chi connectivity index (χ4n) is 1.88. The monoisotopic (exact) mass is 271 g/mol. The van der Waals surface area contributed by atoms with Crippen molar-refractivity contribution in [3.63, 3.8) is 0 Å². The third-order valence-corrected chi connectivity index (χ3v) is 3.14. The van der Waals surface area contributed by atoms with Gasteiger partial charge in [0.25, 0.3) is 0 Å². The maximum absolute atomic E-state index is 9.05. The molecule has 4 heteroatoms. The quantitative estimate of drug-likeness (QED) is 0.897. The molecule has 3 nitrogen and oxygen atoms in total. The zero-order valence-electron chi connectivity index (χ0n) is 10.4. The van der Waals surface area contributed by atoms with Gasteiger partial charge in [0.1, 0.15) is 6.07 Å². The van der Waals surface area contributed by atoms with Gasteiger partial charge in [-0.1, -0.05) is 35.9 Å². The molecule has 0 atom stereocenters. The van der Waals surface area contributed by atoms with E-state index in [9.17, 15) is 0 Å². The van der Waals surface area contributed by atoms with Crippen LogP contribution < -0.4 is 11.1 Å². The second kappa shape index (κ2) is 6.24. The highest BCUT2D eigenvalue weighted by molar-refractivity contribution is 6.30. The van der Waals surface area contributed by atoms with Gasteiger partial charge in [-0.2, -0.15) is 5.26 Å². The molecule has 2 aromatic carbocycles. The predicted molar refractivity (Wildman–Crippen MR) is 77.8 cm³/mol. The van der Waals surface area contributed by atoms with Crippen molar-refractivity contribution in [2.24, 2.45) is 5.73 Å². The van der Waals surface area contributed by atoms with Gasteiger partial charge in [-0.3, -0.25) is 0 Å². The fraction of sp³-hybridized carbons (Fsp3) is 0.133. The van der Waals surface area contributed by atoms with Crippen molar-refractivity contribution in [3.05, 3.63) is 64.2 Å². The van der Waals surface area contributed by atoms with E-state index in [1.54, 1.807) is 18.2 Å². The molecule has 0 saturated carbocycles. The largest absolute Gasteiger partial charge is 0.380 e. The van der Waals surface area contributed by atoms with Crippen molar-refractivity contribution in [1.29, 1.82) is 5.26 Å². The van der Waals surface area contributed by atoms with Crippen molar-refractivity contribution >= 4 is 17.3 Å². The first kappa shape index (κ1) is 13.4. The summed E-state index contributed by atoms with van der Waals surface area (Å²) < 4.78 is 0. The van der Waals surface area contributed by atoms with E-state index in [4.69, 9.17) is 22.6 Å². The Morgan fingerprint density at radius 2 is 1.89 bits per heavy atom. The second-order valence-electron chi connectivity index (χ2n) is 4.13. The van der Waals surface area contributed by atoms with Crippen LogP contribution in [0.1, 0.15) is 16.7 Å². The second-order valence-corrected chi connectivity index (χ2v) is 4.56. The van der Waals surface area contributed by atoms with Crippen LogP contribution in [0, 0.1) is 11.3 Å². The summed E-state index contributed by atoms with van der Waals surface area (Å²) >= 11 is 5.94. The lowest BCUT2D eigenvalue weighted by Gasteiger charge is -2.11. The summed E-state index contributed by atoms with van der Waals surface area (Å²) in [6.07, 6.45) is 0. The molecule has 0 unspecified atom stereocenters. The van der Waals surface area contributed by atoms with E-state index in [-0.39, 0.29) is 0 Å². The molecular weight excluding hydrogens is 258 g/mol. The molecule has 96 valence electrons. The van der Waals surface area contributed by atoms with Crippen LogP contribution in [0.5, 0.6) is 0 Å². The maximum atomic E-state index is 9.05. The van der Waals surface area contributed by atoms with E-state index >= 15 is 0 Å². The third kappa shape index (κ3) is 3.25. The van der Waals surface area contributed by atoms with Crippen LogP contribution in [-0.4, -0.2) is 0 Å². The smallest absolute Gasteiger partial charge is 0.101 e. The summed E-state index contributed by atoms with van der Waals surface area (Å²) in [5.74, 6) is 0.